The highest BCUT2D eigenvalue weighted by Crippen LogP contribution is 2.35. The van der Waals surface area contributed by atoms with E-state index in [0.717, 1.165) is 34.4 Å². The quantitative estimate of drug-likeness (QED) is 0.195. The van der Waals surface area contributed by atoms with Crippen molar-refractivity contribution in [2.24, 2.45) is 0 Å². The number of hydrogen-bond donors (Lipinski definition) is 3. The molecule has 0 unspecified atom stereocenters. The van der Waals surface area contributed by atoms with E-state index in [2.05, 4.69) is 26.0 Å². The summed E-state index contributed by atoms with van der Waals surface area (Å²) in [6, 6.07) is 14.9. The lowest BCUT2D eigenvalue weighted by molar-refractivity contribution is 0.0926. The zero-order chi connectivity index (χ0) is 33.4. The van der Waals surface area contributed by atoms with E-state index in [9.17, 15) is 28.0 Å². The van der Waals surface area contributed by atoms with Gasteiger partial charge in [0.15, 0.2) is 23.1 Å². The minimum Gasteiger partial charge on any atom is -0.347 e. The topological polar surface area (TPSA) is 135 Å². The molecule has 0 radical (unpaired) electrons. The molecule has 0 bridgehead atoms. The fraction of sp³-hybridized carbons (Fsp3) is 0.200. The highest BCUT2D eigenvalue weighted by molar-refractivity contribution is 6.09. The predicted molar refractivity (Wildman–Crippen MR) is 169 cm³/mol. The number of carbonyl (C=O) groups is 4. The van der Waals surface area contributed by atoms with Crippen LogP contribution in [0, 0.1) is 25.5 Å². The number of para-hydroxylation sites is 1. The molecule has 10 nitrogen and oxygen atoms in total. The maximum absolute atomic E-state index is 13.9. The van der Waals surface area contributed by atoms with Crippen molar-refractivity contribution >= 4 is 34.8 Å². The third-order valence-electron chi connectivity index (χ3n) is 8.39. The van der Waals surface area contributed by atoms with Crippen molar-refractivity contribution in [2.75, 3.05) is 5.32 Å². The Morgan fingerprint density at radius 2 is 1.70 bits per heavy atom. The normalized spacial score (nSPS) is 13.7. The van der Waals surface area contributed by atoms with E-state index in [1.807, 2.05) is 32.0 Å². The molecule has 0 spiro atoms. The molecule has 6 rings (SSSR count). The third kappa shape index (κ3) is 6.09. The molecule has 2 heterocycles. The Labute approximate surface area is 268 Å². The molecule has 0 aliphatic heterocycles. The molecule has 3 amide bonds. The monoisotopic (exact) mass is 636 g/mol. The molecule has 1 aliphatic carbocycles. The van der Waals surface area contributed by atoms with Crippen LogP contribution in [0.25, 0.3) is 5.65 Å². The molecule has 3 aromatic carbocycles. The number of hydrogen-bond acceptors (Lipinski definition) is 6. The van der Waals surface area contributed by atoms with Gasteiger partial charge >= 0.3 is 0 Å². The summed E-state index contributed by atoms with van der Waals surface area (Å²) in [7, 11) is 0. The highest BCUT2D eigenvalue weighted by atomic mass is 19.2. The van der Waals surface area contributed by atoms with Gasteiger partial charge in [-0.2, -0.15) is 5.10 Å². The molecule has 0 saturated heterocycles. The predicted octanol–water partition coefficient (Wildman–Crippen LogP) is 5.43. The number of nitrogens with zero attached hydrogens (tertiary/aromatic N) is 3. The SMILES string of the molecule is CC(=O)c1ccc2c(c1C)CC[C@@H]2NC(=O)c1cc(C(=O)NCc2ccc(F)c(F)c2)nc2c(C(=O)Nc3ccccc3C)cnn12. The molecule has 2 aromatic heterocycles. The Morgan fingerprint density at radius 1 is 0.915 bits per heavy atom. The van der Waals surface area contributed by atoms with Crippen LogP contribution in [0.3, 0.4) is 0 Å². The summed E-state index contributed by atoms with van der Waals surface area (Å²) in [5, 5.41) is 12.7. The van der Waals surface area contributed by atoms with Gasteiger partial charge in [0.2, 0.25) is 0 Å². The van der Waals surface area contributed by atoms with Crippen molar-refractivity contribution in [1.82, 2.24) is 25.2 Å². The lowest BCUT2D eigenvalue weighted by atomic mass is 9.96. The Balaban J connectivity index is 1.34. The number of amides is 3. The zero-order valence-electron chi connectivity index (χ0n) is 25.8. The minimum absolute atomic E-state index is 0.0242. The first-order valence-electron chi connectivity index (χ1n) is 14.9. The Hall–Kier alpha value is -5.78. The van der Waals surface area contributed by atoms with Gasteiger partial charge in [-0.05, 0) is 79.6 Å². The highest BCUT2D eigenvalue weighted by Gasteiger charge is 2.29. The van der Waals surface area contributed by atoms with Crippen LogP contribution < -0.4 is 16.0 Å². The average Bonchev–Trinajstić information content (AvgIpc) is 3.67. The standard InChI is InChI=1S/C35H30F2N6O4/c1-18-6-4-5-7-28(18)41-33(45)25-17-39-43-31(35(47)42-29-13-11-23-19(2)22(20(3)44)9-10-24(23)29)15-30(40-32(25)43)34(46)38-16-21-8-12-26(36)27(37)14-21/h4-10,12,14-15,17,29H,11,13,16H2,1-3H3,(H,38,46)(H,41,45)(H,42,47)/t29-/m0/s1. The van der Waals surface area contributed by atoms with E-state index in [0.29, 0.717) is 29.7 Å². The van der Waals surface area contributed by atoms with Crippen LogP contribution in [-0.4, -0.2) is 38.1 Å². The molecule has 238 valence electrons. The van der Waals surface area contributed by atoms with Gasteiger partial charge in [-0.3, -0.25) is 19.2 Å². The summed E-state index contributed by atoms with van der Waals surface area (Å²) in [4.78, 5) is 57.1. The van der Waals surface area contributed by atoms with Gasteiger partial charge in [-0.15, -0.1) is 0 Å². The smallest absolute Gasteiger partial charge is 0.270 e. The number of anilines is 1. The number of fused-ring (bicyclic) bond motifs is 2. The summed E-state index contributed by atoms with van der Waals surface area (Å²) in [6.07, 6.45) is 2.54. The van der Waals surface area contributed by atoms with Gasteiger partial charge in [0.05, 0.1) is 12.2 Å². The van der Waals surface area contributed by atoms with Crippen LogP contribution in [0.4, 0.5) is 14.5 Å². The number of Topliss-reactive ketones (excluding diaryl/α,β-unsaturated/α-hetero) is 1. The first-order valence-corrected chi connectivity index (χ1v) is 14.9. The summed E-state index contributed by atoms with van der Waals surface area (Å²) in [5.41, 5.74) is 4.88. The van der Waals surface area contributed by atoms with Gasteiger partial charge < -0.3 is 16.0 Å². The van der Waals surface area contributed by atoms with Crippen LogP contribution in [0.15, 0.2) is 66.9 Å². The molecular weight excluding hydrogens is 606 g/mol. The summed E-state index contributed by atoms with van der Waals surface area (Å²) in [5.74, 6) is -3.93. The van der Waals surface area contributed by atoms with Crippen LogP contribution in [-0.2, 0) is 13.0 Å². The number of carbonyl (C=O) groups excluding carboxylic acids is 4. The number of aromatic nitrogens is 3. The van der Waals surface area contributed by atoms with Crippen molar-refractivity contribution < 1.29 is 28.0 Å². The molecule has 3 N–H and O–H groups in total. The number of ketones is 1. The minimum atomic E-state index is -1.06. The van der Waals surface area contributed by atoms with E-state index in [-0.39, 0.29) is 41.0 Å². The van der Waals surface area contributed by atoms with E-state index in [1.54, 1.807) is 18.2 Å². The zero-order valence-corrected chi connectivity index (χ0v) is 25.8. The molecule has 0 fully saturated rings. The number of benzene rings is 3. The largest absolute Gasteiger partial charge is 0.347 e. The second-order valence-electron chi connectivity index (χ2n) is 11.4. The molecule has 12 heteroatoms. The number of rotatable bonds is 8. The van der Waals surface area contributed by atoms with Crippen LogP contribution in [0.5, 0.6) is 0 Å². The van der Waals surface area contributed by atoms with Gasteiger partial charge in [0, 0.05) is 23.9 Å². The summed E-state index contributed by atoms with van der Waals surface area (Å²) >= 11 is 0. The fourth-order valence-electron chi connectivity index (χ4n) is 5.87. The third-order valence-corrected chi connectivity index (χ3v) is 8.39. The second kappa shape index (κ2) is 12.5. The summed E-state index contributed by atoms with van der Waals surface area (Å²) in [6.45, 7) is 5.10. The Morgan fingerprint density at radius 3 is 2.45 bits per heavy atom. The lowest BCUT2D eigenvalue weighted by Crippen LogP contribution is -2.31. The lowest BCUT2D eigenvalue weighted by Gasteiger charge is -2.16. The van der Waals surface area contributed by atoms with Crippen molar-refractivity contribution in [3.63, 3.8) is 0 Å². The molecule has 0 saturated carbocycles. The van der Waals surface area contributed by atoms with Crippen LogP contribution in [0.2, 0.25) is 0 Å². The molecule has 1 atom stereocenters. The number of halogens is 2. The maximum atomic E-state index is 13.9. The van der Waals surface area contributed by atoms with Gasteiger partial charge in [0.25, 0.3) is 17.7 Å². The molecule has 1 aliphatic rings. The van der Waals surface area contributed by atoms with Gasteiger partial charge in [0.1, 0.15) is 17.0 Å². The second-order valence-corrected chi connectivity index (χ2v) is 11.4. The average molecular weight is 637 g/mol. The van der Waals surface area contributed by atoms with E-state index < -0.39 is 29.4 Å². The van der Waals surface area contributed by atoms with E-state index in [4.69, 9.17) is 0 Å². The van der Waals surface area contributed by atoms with Crippen molar-refractivity contribution in [3.05, 3.63) is 129 Å². The van der Waals surface area contributed by atoms with Gasteiger partial charge in [-0.25, -0.2) is 18.3 Å². The summed E-state index contributed by atoms with van der Waals surface area (Å²) < 4.78 is 28.3. The van der Waals surface area contributed by atoms with E-state index in [1.165, 1.54) is 29.8 Å². The van der Waals surface area contributed by atoms with Crippen molar-refractivity contribution in [2.45, 2.75) is 46.2 Å². The number of nitrogens with one attached hydrogen (secondary N) is 3. The maximum Gasteiger partial charge on any atom is 0.270 e. The van der Waals surface area contributed by atoms with Crippen LogP contribution >= 0.6 is 0 Å². The number of aryl methyl sites for hydroxylation is 1. The van der Waals surface area contributed by atoms with Crippen molar-refractivity contribution in [3.8, 4) is 0 Å². The van der Waals surface area contributed by atoms with E-state index >= 15 is 0 Å². The Kier molecular flexibility index (Phi) is 8.33. The molecule has 5 aromatic rings. The molecule has 47 heavy (non-hydrogen) atoms. The fourth-order valence-corrected chi connectivity index (χ4v) is 5.87. The first kappa shape index (κ1) is 31.2. The first-order chi connectivity index (χ1) is 22.5. The van der Waals surface area contributed by atoms with Crippen LogP contribution in [0.1, 0.15) is 88.9 Å². The molecular formula is C35H30F2N6O4. The van der Waals surface area contributed by atoms with Crippen molar-refractivity contribution in [1.29, 1.82) is 0 Å². The Bertz CT molecular complexity index is 2110. The van der Waals surface area contributed by atoms with Gasteiger partial charge in [-0.1, -0.05) is 36.4 Å².